The van der Waals surface area contributed by atoms with Gasteiger partial charge in [-0.2, -0.15) is 0 Å². The third kappa shape index (κ3) is 2.41. The molecule has 1 aromatic heterocycles. The first-order valence-electron chi connectivity index (χ1n) is 11.2. The van der Waals surface area contributed by atoms with E-state index in [1.165, 1.54) is 44.1 Å². The highest BCUT2D eigenvalue weighted by Gasteiger charge is 2.38. The Labute approximate surface area is 187 Å². The van der Waals surface area contributed by atoms with Crippen molar-refractivity contribution in [3.05, 3.63) is 125 Å². The Kier molecular flexibility index (Phi) is 3.71. The van der Waals surface area contributed by atoms with Gasteiger partial charge in [0.2, 0.25) is 0 Å². The average Bonchev–Trinajstić information content (AvgIpc) is 3.36. The SMILES string of the molecule is C1=c2c(n(-c3ccccc3)c3ccccc23)=CC2c3ccccc3N(c3ccccc3)C12. The third-order valence-corrected chi connectivity index (χ3v) is 6.90. The predicted octanol–water partition coefficient (Wildman–Crippen LogP) is 5.51. The molecule has 2 atom stereocenters. The molecule has 2 unspecified atom stereocenters. The van der Waals surface area contributed by atoms with E-state index in [2.05, 4.69) is 131 Å². The second-order valence-electron chi connectivity index (χ2n) is 8.60. The van der Waals surface area contributed by atoms with Crippen molar-refractivity contribution in [3.63, 3.8) is 0 Å². The van der Waals surface area contributed by atoms with Crippen LogP contribution in [0.3, 0.4) is 0 Å². The van der Waals surface area contributed by atoms with Gasteiger partial charge in [-0.25, -0.2) is 0 Å². The quantitative estimate of drug-likeness (QED) is 0.373. The molecule has 32 heavy (non-hydrogen) atoms. The summed E-state index contributed by atoms with van der Waals surface area (Å²) in [5.41, 5.74) is 6.41. The second-order valence-corrected chi connectivity index (χ2v) is 8.60. The number of anilines is 2. The maximum Gasteiger partial charge on any atom is 0.0637 e. The minimum absolute atomic E-state index is 0.261. The number of hydrogen-bond acceptors (Lipinski definition) is 1. The standard InChI is InChI=1S/C30H22N2/c1-3-11-21(12-4-1)31-27-17-9-7-15-23(27)25-20-30-26(19-29(25)31)24-16-8-10-18-28(24)32(30)22-13-5-2-6-14-22/h1-20,25,29H. The van der Waals surface area contributed by atoms with E-state index in [9.17, 15) is 0 Å². The van der Waals surface area contributed by atoms with E-state index in [4.69, 9.17) is 0 Å². The van der Waals surface area contributed by atoms with Gasteiger partial charge in [0.25, 0.3) is 0 Å². The summed E-state index contributed by atoms with van der Waals surface area (Å²) >= 11 is 0. The molecule has 0 bridgehead atoms. The van der Waals surface area contributed by atoms with Crippen molar-refractivity contribution in [2.24, 2.45) is 0 Å². The Morgan fingerprint density at radius 2 is 1.22 bits per heavy atom. The molecular weight excluding hydrogens is 388 g/mol. The van der Waals surface area contributed by atoms with Gasteiger partial charge in [-0.1, -0.05) is 78.9 Å². The molecule has 0 spiro atoms. The van der Waals surface area contributed by atoms with Crippen LogP contribution in [0.2, 0.25) is 0 Å². The number of hydrogen-bond donors (Lipinski definition) is 0. The average molecular weight is 411 g/mol. The number of aromatic nitrogens is 1. The van der Waals surface area contributed by atoms with Crippen LogP contribution >= 0.6 is 0 Å². The Balaban J connectivity index is 1.56. The summed E-state index contributed by atoms with van der Waals surface area (Å²) in [7, 11) is 0. The number of benzene rings is 4. The van der Waals surface area contributed by atoms with Crippen LogP contribution in [-0.4, -0.2) is 10.6 Å². The van der Waals surface area contributed by atoms with Crippen LogP contribution in [0.1, 0.15) is 11.5 Å². The highest BCUT2D eigenvalue weighted by Crippen LogP contribution is 2.47. The van der Waals surface area contributed by atoms with Crippen molar-refractivity contribution in [1.82, 2.24) is 4.57 Å². The summed E-state index contributed by atoms with van der Waals surface area (Å²) in [6.07, 6.45) is 4.99. The molecule has 1 aliphatic heterocycles. The van der Waals surface area contributed by atoms with Crippen LogP contribution in [-0.2, 0) is 0 Å². The van der Waals surface area contributed by atoms with E-state index in [0.717, 1.165) is 0 Å². The zero-order valence-corrected chi connectivity index (χ0v) is 17.6. The number of para-hydroxylation sites is 4. The van der Waals surface area contributed by atoms with Crippen LogP contribution in [0.25, 0.3) is 28.7 Å². The monoisotopic (exact) mass is 410 g/mol. The maximum atomic E-state index is 2.51. The largest absolute Gasteiger partial charge is 0.333 e. The van der Waals surface area contributed by atoms with Gasteiger partial charge in [-0.15, -0.1) is 0 Å². The zero-order valence-electron chi connectivity index (χ0n) is 17.6. The lowest BCUT2D eigenvalue weighted by Gasteiger charge is -2.28. The molecule has 0 saturated carbocycles. The van der Waals surface area contributed by atoms with Gasteiger partial charge < -0.3 is 9.47 Å². The van der Waals surface area contributed by atoms with Crippen molar-refractivity contribution < 1.29 is 0 Å². The Morgan fingerprint density at radius 1 is 0.562 bits per heavy atom. The van der Waals surface area contributed by atoms with Crippen molar-refractivity contribution in [2.75, 3.05) is 4.90 Å². The minimum Gasteiger partial charge on any atom is -0.333 e. The molecule has 5 aromatic rings. The van der Waals surface area contributed by atoms with Crippen molar-refractivity contribution in [2.45, 2.75) is 12.0 Å². The van der Waals surface area contributed by atoms with E-state index in [1.807, 2.05) is 0 Å². The lowest BCUT2D eigenvalue weighted by Crippen LogP contribution is -2.39. The summed E-state index contributed by atoms with van der Waals surface area (Å²) in [5.74, 6) is 0.311. The summed E-state index contributed by atoms with van der Waals surface area (Å²) in [4.78, 5) is 2.51. The molecule has 152 valence electrons. The van der Waals surface area contributed by atoms with Gasteiger partial charge in [-0.05, 0) is 48.0 Å². The van der Waals surface area contributed by atoms with Crippen LogP contribution in [0.15, 0.2) is 109 Å². The molecule has 2 heterocycles. The first-order valence-corrected chi connectivity index (χ1v) is 11.2. The normalized spacial score (nSPS) is 18.4. The van der Waals surface area contributed by atoms with Crippen molar-refractivity contribution in [1.29, 1.82) is 0 Å². The fourth-order valence-electron chi connectivity index (χ4n) is 5.58. The Bertz CT molecular complexity index is 1580. The van der Waals surface area contributed by atoms with Crippen LogP contribution in [0.4, 0.5) is 11.4 Å². The fraction of sp³-hybridized carbons (Fsp3) is 0.0667. The van der Waals surface area contributed by atoms with Crippen LogP contribution in [0, 0.1) is 0 Å². The molecular formula is C30H22N2. The van der Waals surface area contributed by atoms with Gasteiger partial charge in [0.15, 0.2) is 0 Å². The van der Waals surface area contributed by atoms with Crippen molar-refractivity contribution >= 4 is 34.4 Å². The first-order chi connectivity index (χ1) is 15.9. The Hall–Kier alpha value is -4.04. The van der Waals surface area contributed by atoms with Crippen LogP contribution < -0.4 is 15.5 Å². The van der Waals surface area contributed by atoms with Gasteiger partial charge in [0, 0.05) is 33.6 Å². The summed E-state index contributed by atoms with van der Waals surface area (Å²) < 4.78 is 2.42. The molecule has 0 amide bonds. The molecule has 2 aliphatic rings. The number of nitrogens with zero attached hydrogens (tertiary/aromatic N) is 2. The predicted molar refractivity (Wildman–Crippen MR) is 133 cm³/mol. The number of fused-ring (bicyclic) bond motifs is 6. The molecule has 0 fully saturated rings. The third-order valence-electron chi connectivity index (χ3n) is 6.90. The Morgan fingerprint density at radius 3 is 2.03 bits per heavy atom. The fourth-order valence-corrected chi connectivity index (χ4v) is 5.58. The molecule has 0 radical (unpaired) electrons. The maximum absolute atomic E-state index is 2.51. The summed E-state index contributed by atoms with van der Waals surface area (Å²) in [6, 6.07) is 39.4. The summed E-state index contributed by atoms with van der Waals surface area (Å²) in [6.45, 7) is 0. The second kappa shape index (κ2) is 6.73. The molecule has 7 rings (SSSR count). The number of rotatable bonds is 2. The summed E-state index contributed by atoms with van der Waals surface area (Å²) in [5, 5.41) is 3.94. The molecule has 0 saturated heterocycles. The highest BCUT2D eigenvalue weighted by atomic mass is 15.2. The lowest BCUT2D eigenvalue weighted by atomic mass is 9.90. The zero-order chi connectivity index (χ0) is 21.1. The van der Waals surface area contributed by atoms with Gasteiger partial charge in [0.05, 0.1) is 16.9 Å². The molecule has 0 N–H and O–H groups in total. The first kappa shape index (κ1) is 17.6. The van der Waals surface area contributed by atoms with Crippen molar-refractivity contribution in [3.8, 4) is 5.69 Å². The molecule has 1 aliphatic carbocycles. The minimum atomic E-state index is 0.261. The molecule has 2 heteroatoms. The van der Waals surface area contributed by atoms with E-state index >= 15 is 0 Å². The van der Waals surface area contributed by atoms with E-state index < -0.39 is 0 Å². The van der Waals surface area contributed by atoms with Crippen LogP contribution in [0.5, 0.6) is 0 Å². The smallest absolute Gasteiger partial charge is 0.0637 e. The lowest BCUT2D eigenvalue weighted by molar-refractivity contribution is 0.796. The van der Waals surface area contributed by atoms with E-state index in [1.54, 1.807) is 0 Å². The molecule has 4 aromatic carbocycles. The van der Waals surface area contributed by atoms with Gasteiger partial charge >= 0.3 is 0 Å². The van der Waals surface area contributed by atoms with Gasteiger partial charge in [-0.3, -0.25) is 0 Å². The topological polar surface area (TPSA) is 8.17 Å². The molecule has 2 nitrogen and oxygen atoms in total. The van der Waals surface area contributed by atoms with E-state index in [-0.39, 0.29) is 6.04 Å². The highest BCUT2D eigenvalue weighted by molar-refractivity contribution is 5.88. The van der Waals surface area contributed by atoms with E-state index in [0.29, 0.717) is 5.92 Å². The van der Waals surface area contributed by atoms with Gasteiger partial charge in [0.1, 0.15) is 0 Å².